The second-order valence-corrected chi connectivity index (χ2v) is 6.56. The second kappa shape index (κ2) is 6.60. The number of nitrogens with zero attached hydrogens (tertiary/aromatic N) is 1. The zero-order chi connectivity index (χ0) is 16.3. The van der Waals surface area contributed by atoms with Crippen molar-refractivity contribution < 1.29 is 9.59 Å². The van der Waals surface area contributed by atoms with Gasteiger partial charge in [-0.2, -0.15) is 0 Å². The van der Waals surface area contributed by atoms with Gasteiger partial charge in [0.2, 0.25) is 5.91 Å². The van der Waals surface area contributed by atoms with E-state index in [1.165, 1.54) is 31.7 Å². The van der Waals surface area contributed by atoms with Crippen LogP contribution in [0.2, 0.25) is 0 Å². The smallest absolute Gasteiger partial charge is 0.318 e. The van der Waals surface area contributed by atoms with Crippen LogP contribution in [0.25, 0.3) is 0 Å². The Kier molecular flexibility index (Phi) is 4.55. The highest BCUT2D eigenvalue weighted by Crippen LogP contribution is 2.53. The quantitative estimate of drug-likeness (QED) is 0.837. The predicted octanol–water partition coefficient (Wildman–Crippen LogP) is 2.23. The van der Waals surface area contributed by atoms with Crippen molar-refractivity contribution in [3.63, 3.8) is 0 Å². The van der Waals surface area contributed by atoms with Gasteiger partial charge >= 0.3 is 6.03 Å². The normalized spacial score (nSPS) is 26.0. The van der Waals surface area contributed by atoms with Crippen LogP contribution >= 0.6 is 0 Å². The van der Waals surface area contributed by atoms with Gasteiger partial charge in [0.1, 0.15) is 0 Å². The van der Waals surface area contributed by atoms with Crippen molar-refractivity contribution in [2.75, 3.05) is 19.6 Å². The Hall–Kier alpha value is -2.04. The fourth-order valence-corrected chi connectivity index (χ4v) is 4.13. The molecule has 5 heteroatoms. The first-order chi connectivity index (χ1) is 11.1. The lowest BCUT2D eigenvalue weighted by molar-refractivity contribution is -0.118. The summed E-state index contributed by atoms with van der Waals surface area (Å²) in [6.07, 6.45) is 4.67. The molecule has 1 aliphatic heterocycles. The minimum absolute atomic E-state index is 0.0163. The van der Waals surface area contributed by atoms with Gasteiger partial charge in [0, 0.05) is 32.5 Å². The van der Waals surface area contributed by atoms with Gasteiger partial charge in [0.15, 0.2) is 0 Å². The number of rotatable bonds is 4. The molecule has 0 unspecified atom stereocenters. The van der Waals surface area contributed by atoms with Gasteiger partial charge in [0.25, 0.3) is 0 Å². The van der Waals surface area contributed by atoms with Gasteiger partial charge in [-0.3, -0.25) is 4.79 Å². The molecule has 1 saturated heterocycles. The lowest BCUT2D eigenvalue weighted by Gasteiger charge is -2.61. The van der Waals surface area contributed by atoms with Crippen LogP contribution in [0.1, 0.15) is 38.2 Å². The number of amides is 3. The third kappa shape index (κ3) is 2.92. The molecular formula is C18H25N3O2. The van der Waals surface area contributed by atoms with Crippen molar-refractivity contribution >= 4 is 11.9 Å². The van der Waals surface area contributed by atoms with E-state index >= 15 is 0 Å². The van der Waals surface area contributed by atoms with E-state index in [0.29, 0.717) is 19.0 Å². The van der Waals surface area contributed by atoms with Crippen molar-refractivity contribution in [1.29, 1.82) is 0 Å². The first-order valence-corrected chi connectivity index (χ1v) is 8.50. The molecule has 0 spiro atoms. The molecule has 2 N–H and O–H groups in total. The van der Waals surface area contributed by atoms with E-state index in [0.717, 1.165) is 13.0 Å². The Morgan fingerprint density at radius 3 is 2.61 bits per heavy atom. The lowest BCUT2D eigenvalue weighted by atomic mass is 9.62. The molecule has 0 aromatic heterocycles. The van der Waals surface area contributed by atoms with E-state index in [4.69, 9.17) is 0 Å². The van der Waals surface area contributed by atoms with Crippen LogP contribution in [0.3, 0.4) is 0 Å². The average Bonchev–Trinajstić information content (AvgIpc) is 2.53. The summed E-state index contributed by atoms with van der Waals surface area (Å²) < 4.78 is 0. The van der Waals surface area contributed by atoms with Gasteiger partial charge in [-0.25, -0.2) is 4.79 Å². The summed E-state index contributed by atoms with van der Waals surface area (Å²) in [5, 5.41) is 5.64. The van der Waals surface area contributed by atoms with Crippen LogP contribution in [0.4, 0.5) is 4.79 Å². The van der Waals surface area contributed by atoms with Crippen LogP contribution in [0.5, 0.6) is 0 Å². The number of urea groups is 1. The lowest BCUT2D eigenvalue weighted by Crippen LogP contribution is -2.69. The Morgan fingerprint density at radius 1 is 1.17 bits per heavy atom. The zero-order valence-corrected chi connectivity index (χ0v) is 13.7. The molecule has 5 nitrogen and oxygen atoms in total. The SMILES string of the molecule is CC(=O)NCCNC(=O)N1C[C@H]2CCCC[C@]21c1ccccc1. The Labute approximate surface area is 137 Å². The van der Waals surface area contributed by atoms with Crippen molar-refractivity contribution in [2.45, 2.75) is 38.1 Å². The molecule has 23 heavy (non-hydrogen) atoms. The molecule has 0 radical (unpaired) electrons. The monoisotopic (exact) mass is 315 g/mol. The minimum atomic E-state index is -0.127. The number of fused-ring (bicyclic) bond motifs is 1. The van der Waals surface area contributed by atoms with Crippen LogP contribution in [-0.4, -0.2) is 36.5 Å². The minimum Gasteiger partial charge on any atom is -0.355 e. The number of hydrogen-bond donors (Lipinski definition) is 2. The second-order valence-electron chi connectivity index (χ2n) is 6.56. The van der Waals surface area contributed by atoms with E-state index in [2.05, 4.69) is 34.9 Å². The first-order valence-electron chi connectivity index (χ1n) is 8.50. The van der Waals surface area contributed by atoms with Crippen molar-refractivity contribution in [1.82, 2.24) is 15.5 Å². The molecule has 0 bridgehead atoms. The molecule has 1 aromatic carbocycles. The molecule has 1 saturated carbocycles. The fourth-order valence-electron chi connectivity index (χ4n) is 4.13. The van der Waals surface area contributed by atoms with E-state index < -0.39 is 0 Å². The van der Waals surface area contributed by atoms with Crippen molar-refractivity contribution in [2.24, 2.45) is 5.92 Å². The number of nitrogens with one attached hydrogen (secondary N) is 2. The summed E-state index contributed by atoms with van der Waals surface area (Å²) in [5.74, 6) is 0.496. The molecule has 3 rings (SSSR count). The average molecular weight is 315 g/mol. The van der Waals surface area contributed by atoms with Crippen LogP contribution < -0.4 is 10.6 Å². The topological polar surface area (TPSA) is 61.4 Å². The molecular weight excluding hydrogens is 290 g/mol. The summed E-state index contributed by atoms with van der Waals surface area (Å²) >= 11 is 0. The predicted molar refractivity (Wildman–Crippen MR) is 88.9 cm³/mol. The highest BCUT2D eigenvalue weighted by molar-refractivity contribution is 5.77. The Balaban J connectivity index is 1.69. The zero-order valence-electron chi connectivity index (χ0n) is 13.7. The standard InChI is InChI=1S/C18H25N3O2/c1-14(22)19-11-12-20-17(23)21-13-16-9-5-6-10-18(16,21)15-7-3-2-4-8-15/h2-4,7-8,16H,5-6,9-13H2,1H3,(H,19,22)(H,20,23)/t16-,18+/m1/s1. The molecule has 2 atom stereocenters. The van der Waals surface area contributed by atoms with E-state index in [-0.39, 0.29) is 17.5 Å². The molecule has 1 aromatic rings. The summed E-state index contributed by atoms with van der Waals surface area (Å²) in [6, 6.07) is 10.4. The van der Waals surface area contributed by atoms with E-state index in [1.54, 1.807) is 0 Å². The van der Waals surface area contributed by atoms with Crippen LogP contribution in [0.15, 0.2) is 30.3 Å². The molecule has 124 valence electrons. The van der Waals surface area contributed by atoms with Gasteiger partial charge in [0.05, 0.1) is 5.54 Å². The Morgan fingerprint density at radius 2 is 1.91 bits per heavy atom. The highest BCUT2D eigenvalue weighted by atomic mass is 16.2. The van der Waals surface area contributed by atoms with Crippen molar-refractivity contribution in [3.05, 3.63) is 35.9 Å². The third-order valence-electron chi connectivity index (χ3n) is 5.21. The summed E-state index contributed by atoms with van der Waals surface area (Å²) in [6.45, 7) is 3.25. The largest absolute Gasteiger partial charge is 0.355 e. The van der Waals surface area contributed by atoms with E-state index in [9.17, 15) is 9.59 Å². The number of likely N-dealkylation sites (tertiary alicyclic amines) is 1. The third-order valence-corrected chi connectivity index (χ3v) is 5.21. The Bertz CT molecular complexity index is 575. The van der Waals surface area contributed by atoms with E-state index in [1.807, 2.05) is 11.0 Å². The maximum atomic E-state index is 12.6. The summed E-state index contributed by atoms with van der Waals surface area (Å²) in [4.78, 5) is 25.5. The first kappa shape index (κ1) is 15.8. The van der Waals surface area contributed by atoms with Gasteiger partial charge < -0.3 is 15.5 Å². The van der Waals surface area contributed by atoms with Crippen molar-refractivity contribution in [3.8, 4) is 0 Å². The maximum absolute atomic E-state index is 12.6. The fraction of sp³-hybridized carbons (Fsp3) is 0.556. The number of benzene rings is 1. The van der Waals surface area contributed by atoms with Crippen LogP contribution in [0, 0.1) is 5.92 Å². The maximum Gasteiger partial charge on any atom is 0.318 e. The van der Waals surface area contributed by atoms with Crippen LogP contribution in [-0.2, 0) is 10.3 Å². The molecule has 1 heterocycles. The molecule has 2 fully saturated rings. The molecule has 1 aliphatic carbocycles. The van der Waals surface area contributed by atoms with Gasteiger partial charge in [-0.1, -0.05) is 43.2 Å². The molecule has 3 amide bonds. The van der Waals surface area contributed by atoms with Gasteiger partial charge in [-0.05, 0) is 18.4 Å². The number of hydrogen-bond acceptors (Lipinski definition) is 2. The molecule has 2 aliphatic rings. The number of carbonyl (C=O) groups is 2. The summed E-state index contributed by atoms with van der Waals surface area (Å²) in [5.41, 5.74) is 1.13. The van der Waals surface area contributed by atoms with Gasteiger partial charge in [-0.15, -0.1) is 0 Å². The summed E-state index contributed by atoms with van der Waals surface area (Å²) in [7, 11) is 0. The highest BCUT2D eigenvalue weighted by Gasteiger charge is 2.56. The number of carbonyl (C=O) groups excluding carboxylic acids is 2.